The van der Waals surface area contributed by atoms with Crippen molar-refractivity contribution >= 4 is 33.6 Å². The molecule has 8 nitrogen and oxygen atoms in total. The number of esters is 1. The number of ether oxygens (including phenoxy) is 2. The fourth-order valence-electron chi connectivity index (χ4n) is 2.99. The van der Waals surface area contributed by atoms with Crippen molar-refractivity contribution in [2.75, 3.05) is 20.8 Å². The third-order valence-electron chi connectivity index (χ3n) is 4.57. The Morgan fingerprint density at radius 1 is 1.13 bits per heavy atom. The van der Waals surface area contributed by atoms with E-state index in [1.54, 1.807) is 30.3 Å². The van der Waals surface area contributed by atoms with Crippen molar-refractivity contribution in [1.82, 2.24) is 4.31 Å². The number of carbonyl (C=O) groups is 3. The van der Waals surface area contributed by atoms with Crippen molar-refractivity contribution in [3.05, 3.63) is 65.7 Å². The minimum absolute atomic E-state index is 0.000516. The average Bonchev–Trinajstić information content (AvgIpc) is 2.75. The molecule has 0 bridgehead atoms. The van der Waals surface area contributed by atoms with Gasteiger partial charge in [0.25, 0.3) is 0 Å². The van der Waals surface area contributed by atoms with E-state index in [0.29, 0.717) is 11.3 Å². The van der Waals surface area contributed by atoms with Crippen LogP contribution >= 0.6 is 0 Å². The normalized spacial score (nSPS) is 18.1. The fraction of sp³-hybridized carbons (Fsp3) is 0.190. The van der Waals surface area contributed by atoms with E-state index in [9.17, 15) is 22.8 Å². The Labute approximate surface area is 173 Å². The number of carbonyl (C=O) groups excluding carboxylic acids is 3. The molecule has 0 fully saturated rings. The molecule has 1 aliphatic heterocycles. The second-order valence-electron chi connectivity index (χ2n) is 6.46. The Balaban J connectivity index is 1.82. The summed E-state index contributed by atoms with van der Waals surface area (Å²) in [5, 5.41) is 0. The van der Waals surface area contributed by atoms with E-state index in [4.69, 9.17) is 4.74 Å². The highest BCUT2D eigenvalue weighted by Gasteiger charge is 2.44. The predicted molar refractivity (Wildman–Crippen MR) is 108 cm³/mol. The van der Waals surface area contributed by atoms with Gasteiger partial charge in [0.15, 0.2) is 24.2 Å². The number of hydrogen-bond acceptors (Lipinski definition) is 7. The van der Waals surface area contributed by atoms with Crippen molar-refractivity contribution in [1.29, 1.82) is 0 Å². The Morgan fingerprint density at radius 3 is 2.60 bits per heavy atom. The number of methoxy groups -OCH3 is 1. The van der Waals surface area contributed by atoms with Gasteiger partial charge in [-0.15, -0.1) is 0 Å². The van der Waals surface area contributed by atoms with Crippen LogP contribution in [0, 0.1) is 0 Å². The maximum absolute atomic E-state index is 12.8. The smallest absolute Gasteiger partial charge is 0.343 e. The molecule has 1 atom stereocenters. The number of sulfonamides is 1. The Kier molecular flexibility index (Phi) is 6.14. The molecule has 2 aromatic carbocycles. The summed E-state index contributed by atoms with van der Waals surface area (Å²) in [5.41, 5.74) is 0.570. The summed E-state index contributed by atoms with van der Waals surface area (Å²) in [5.74, 6) is -1.39. The van der Waals surface area contributed by atoms with Crippen molar-refractivity contribution in [3.8, 4) is 5.75 Å². The number of ketones is 2. The zero-order chi connectivity index (χ0) is 21.9. The molecule has 0 spiro atoms. The van der Waals surface area contributed by atoms with Gasteiger partial charge in [-0.3, -0.25) is 9.59 Å². The van der Waals surface area contributed by atoms with Gasteiger partial charge < -0.3 is 9.47 Å². The van der Waals surface area contributed by atoms with Gasteiger partial charge >= 0.3 is 5.97 Å². The molecular weight excluding hydrogens is 410 g/mol. The van der Waals surface area contributed by atoms with Crippen LogP contribution in [0.15, 0.2) is 59.5 Å². The molecule has 1 aliphatic rings. The first kappa shape index (κ1) is 21.4. The first-order chi connectivity index (χ1) is 14.3. The third kappa shape index (κ3) is 4.17. The highest BCUT2D eigenvalue weighted by Crippen LogP contribution is 2.29. The average molecular weight is 429 g/mol. The van der Waals surface area contributed by atoms with E-state index in [-0.39, 0.29) is 17.1 Å². The quantitative estimate of drug-likeness (QED) is 0.391. The molecule has 0 aromatic heterocycles. The molecular formula is C21H19NO7S. The van der Waals surface area contributed by atoms with Gasteiger partial charge in [-0.2, -0.15) is 4.31 Å². The lowest BCUT2D eigenvalue weighted by molar-refractivity contribution is -0.142. The Hall–Kier alpha value is -3.30. The van der Waals surface area contributed by atoms with E-state index in [1.165, 1.54) is 38.4 Å². The lowest BCUT2D eigenvalue weighted by atomic mass is 9.99. The van der Waals surface area contributed by atoms with Gasteiger partial charge in [-0.25, -0.2) is 13.2 Å². The van der Waals surface area contributed by atoms with Crippen LogP contribution in [0.5, 0.6) is 5.75 Å². The van der Waals surface area contributed by atoms with Crippen LogP contribution < -0.4 is 4.74 Å². The third-order valence-corrected chi connectivity index (χ3v) is 6.45. The lowest BCUT2D eigenvalue weighted by Crippen LogP contribution is -2.50. The molecule has 156 valence electrons. The molecule has 0 saturated heterocycles. The summed E-state index contributed by atoms with van der Waals surface area (Å²) >= 11 is 0. The van der Waals surface area contributed by atoms with Crippen molar-refractivity contribution in [3.63, 3.8) is 0 Å². The SMILES string of the molecule is COC(=O)COc1cccc(C=CC(=O)C2C(=O)c3ccccc3S(=O)(=O)N2C)c1. The second-order valence-corrected chi connectivity index (χ2v) is 8.42. The summed E-state index contributed by atoms with van der Waals surface area (Å²) < 4.78 is 35.9. The minimum atomic E-state index is -3.96. The number of fused-ring (bicyclic) bond motifs is 1. The largest absolute Gasteiger partial charge is 0.482 e. The number of likely N-dealkylation sites (N-methyl/N-ethyl adjacent to an activating group) is 1. The summed E-state index contributed by atoms with van der Waals surface area (Å²) in [6.45, 7) is -0.263. The van der Waals surface area contributed by atoms with Crippen LogP contribution in [-0.2, 0) is 24.3 Å². The molecule has 2 aromatic rings. The number of nitrogens with zero attached hydrogens (tertiary/aromatic N) is 1. The molecule has 0 radical (unpaired) electrons. The minimum Gasteiger partial charge on any atom is -0.482 e. The lowest BCUT2D eigenvalue weighted by Gasteiger charge is -2.30. The van der Waals surface area contributed by atoms with Gasteiger partial charge in [0.05, 0.1) is 12.0 Å². The van der Waals surface area contributed by atoms with Crippen molar-refractivity contribution in [2.24, 2.45) is 0 Å². The maximum atomic E-state index is 12.8. The molecule has 0 aliphatic carbocycles. The number of rotatable bonds is 6. The van der Waals surface area contributed by atoms with Crippen LogP contribution in [0.2, 0.25) is 0 Å². The van der Waals surface area contributed by atoms with E-state index in [0.717, 1.165) is 10.4 Å². The molecule has 1 unspecified atom stereocenters. The van der Waals surface area contributed by atoms with Crippen LogP contribution in [0.25, 0.3) is 6.08 Å². The Morgan fingerprint density at radius 2 is 1.87 bits per heavy atom. The van der Waals surface area contributed by atoms with Crippen LogP contribution in [0.1, 0.15) is 15.9 Å². The highest BCUT2D eigenvalue weighted by atomic mass is 32.2. The summed E-state index contributed by atoms with van der Waals surface area (Å²) in [6.07, 6.45) is 2.60. The van der Waals surface area contributed by atoms with Gasteiger partial charge in [-0.05, 0) is 35.9 Å². The highest BCUT2D eigenvalue weighted by molar-refractivity contribution is 7.89. The van der Waals surface area contributed by atoms with Gasteiger partial charge in [0, 0.05) is 12.6 Å². The molecule has 9 heteroatoms. The number of hydrogen-bond donors (Lipinski definition) is 0. The van der Waals surface area contributed by atoms with E-state index in [2.05, 4.69) is 4.74 Å². The van der Waals surface area contributed by atoms with Crippen molar-refractivity contribution in [2.45, 2.75) is 10.9 Å². The maximum Gasteiger partial charge on any atom is 0.343 e. The fourth-order valence-corrected chi connectivity index (χ4v) is 4.47. The topological polar surface area (TPSA) is 107 Å². The van der Waals surface area contributed by atoms with Crippen LogP contribution in [0.3, 0.4) is 0 Å². The van der Waals surface area contributed by atoms with Crippen LogP contribution in [-0.4, -0.2) is 57.1 Å². The summed E-state index contributed by atoms with van der Waals surface area (Å²) in [6, 6.07) is 10.9. The van der Waals surface area contributed by atoms with Gasteiger partial charge in [-0.1, -0.05) is 30.3 Å². The first-order valence-electron chi connectivity index (χ1n) is 8.88. The van der Waals surface area contributed by atoms with Gasteiger partial charge in [0.1, 0.15) is 5.75 Å². The van der Waals surface area contributed by atoms with Crippen LogP contribution in [0.4, 0.5) is 0 Å². The van der Waals surface area contributed by atoms with E-state index < -0.39 is 33.6 Å². The predicted octanol–water partition coefficient (Wildman–Crippen LogP) is 1.71. The molecule has 30 heavy (non-hydrogen) atoms. The zero-order valence-corrected chi connectivity index (χ0v) is 17.1. The van der Waals surface area contributed by atoms with Crippen molar-refractivity contribution < 1.29 is 32.3 Å². The molecule has 3 rings (SSSR count). The first-order valence-corrected chi connectivity index (χ1v) is 10.3. The monoisotopic (exact) mass is 429 g/mol. The van der Waals surface area contributed by atoms with Gasteiger partial charge in [0.2, 0.25) is 10.0 Å². The summed E-state index contributed by atoms with van der Waals surface area (Å²) in [4.78, 5) is 36.6. The van der Waals surface area contributed by atoms with E-state index >= 15 is 0 Å². The number of Topliss-reactive ketones (excluding diaryl/α,β-unsaturated/α-hetero) is 1. The molecule has 0 N–H and O–H groups in total. The Bertz CT molecular complexity index is 1140. The summed E-state index contributed by atoms with van der Waals surface area (Å²) in [7, 11) is -1.50. The molecule has 1 heterocycles. The number of benzene rings is 2. The second kappa shape index (κ2) is 8.60. The van der Waals surface area contributed by atoms with E-state index in [1.807, 2.05) is 0 Å². The standard InChI is InChI=1S/C21H19NO7S/c1-22-20(21(25)16-8-3-4-9-18(16)30(22,26)27)17(23)11-10-14-6-5-7-15(12-14)29-13-19(24)28-2/h3-12,20H,13H2,1-2H3. The zero-order valence-electron chi connectivity index (χ0n) is 16.3. The molecule has 0 saturated carbocycles. The molecule has 0 amide bonds.